The summed E-state index contributed by atoms with van der Waals surface area (Å²) in [5, 5.41) is 2.93. The summed E-state index contributed by atoms with van der Waals surface area (Å²) in [5.41, 5.74) is 2.39. The highest BCUT2D eigenvalue weighted by molar-refractivity contribution is 6.05. The lowest BCUT2D eigenvalue weighted by molar-refractivity contribution is 0.0954. The van der Waals surface area contributed by atoms with E-state index in [-0.39, 0.29) is 5.91 Å². The molecular weight excluding hydrogens is 278 g/mol. The maximum Gasteiger partial charge on any atom is 0.253 e. The molecule has 0 saturated carbocycles. The van der Waals surface area contributed by atoms with E-state index in [1.54, 1.807) is 18.5 Å². The number of nitrogens with one attached hydrogen (secondary N) is 1. The fourth-order valence-electron chi connectivity index (χ4n) is 2.67. The molecule has 22 heavy (non-hydrogen) atoms. The second-order valence-electron chi connectivity index (χ2n) is 5.25. The van der Waals surface area contributed by atoms with Gasteiger partial charge in [-0.3, -0.25) is 4.79 Å². The summed E-state index contributed by atoms with van der Waals surface area (Å²) in [4.78, 5) is 25.2. The number of nitrogens with zero attached hydrogens (tertiary/aromatic N) is 4. The van der Waals surface area contributed by atoms with Gasteiger partial charge in [0, 0.05) is 33.0 Å². The molecule has 0 aromatic carbocycles. The van der Waals surface area contributed by atoms with Crippen LogP contribution in [0.25, 0.3) is 0 Å². The second-order valence-corrected chi connectivity index (χ2v) is 5.25. The van der Waals surface area contributed by atoms with E-state index in [2.05, 4.69) is 15.3 Å². The Morgan fingerprint density at radius 2 is 1.91 bits per heavy atom. The second kappa shape index (κ2) is 5.63. The fraction of sp³-hybridized carbons (Fsp3) is 0.312. The lowest BCUT2D eigenvalue weighted by atomic mass is 10.1. The number of carbonyl (C=O) groups is 1. The van der Waals surface area contributed by atoms with E-state index >= 15 is 0 Å². The molecule has 0 aliphatic carbocycles. The molecule has 3 rings (SSSR count). The van der Waals surface area contributed by atoms with Gasteiger partial charge >= 0.3 is 0 Å². The third-order valence-corrected chi connectivity index (χ3v) is 3.78. The Morgan fingerprint density at radius 3 is 2.68 bits per heavy atom. The van der Waals surface area contributed by atoms with Crippen LogP contribution in [0.3, 0.4) is 0 Å². The van der Waals surface area contributed by atoms with Crippen molar-refractivity contribution in [3.63, 3.8) is 0 Å². The number of hydrogen-bond donors (Lipinski definition) is 1. The van der Waals surface area contributed by atoms with Crippen molar-refractivity contribution in [2.75, 3.05) is 30.4 Å². The Hall–Kier alpha value is -2.63. The minimum atomic E-state index is -0.0758. The summed E-state index contributed by atoms with van der Waals surface area (Å²) in [6.45, 7) is 2.69. The van der Waals surface area contributed by atoms with Crippen molar-refractivity contribution in [1.29, 1.82) is 0 Å². The minimum absolute atomic E-state index is 0.0758. The normalized spacial score (nSPS) is 12.7. The first kappa shape index (κ1) is 14.3. The van der Waals surface area contributed by atoms with Gasteiger partial charge in [-0.05, 0) is 24.6 Å². The quantitative estimate of drug-likeness (QED) is 0.943. The molecule has 1 N–H and O–H groups in total. The van der Waals surface area contributed by atoms with Gasteiger partial charge in [0.1, 0.15) is 0 Å². The van der Waals surface area contributed by atoms with Crippen LogP contribution in [0.15, 0.2) is 30.6 Å². The van der Waals surface area contributed by atoms with Gasteiger partial charge in [0.05, 0.1) is 16.9 Å². The van der Waals surface area contributed by atoms with Gasteiger partial charge in [0.15, 0.2) is 11.6 Å². The number of aromatic nitrogens is 2. The standard InChI is InChI=1S/C16H19N5O/c1-4-8-19-16(22)11-7-10-18-15-13(11)20(2)12-6-5-9-17-14(12)21(15)3/h5-7,9-10H,4,8H2,1-3H3,(H,19,22). The number of anilines is 4. The molecule has 0 bridgehead atoms. The van der Waals surface area contributed by atoms with Crippen LogP contribution < -0.4 is 15.1 Å². The van der Waals surface area contributed by atoms with Crippen molar-refractivity contribution in [3.05, 3.63) is 36.2 Å². The highest BCUT2D eigenvalue weighted by Gasteiger charge is 2.29. The van der Waals surface area contributed by atoms with Gasteiger partial charge in [-0.25, -0.2) is 9.97 Å². The molecule has 0 saturated heterocycles. The van der Waals surface area contributed by atoms with Crippen molar-refractivity contribution < 1.29 is 4.79 Å². The molecule has 3 heterocycles. The van der Waals surface area contributed by atoms with Crippen LogP contribution in [-0.2, 0) is 0 Å². The van der Waals surface area contributed by atoms with Crippen LogP contribution in [0.5, 0.6) is 0 Å². The number of amides is 1. The number of pyridine rings is 2. The maximum absolute atomic E-state index is 12.4. The van der Waals surface area contributed by atoms with Gasteiger partial charge in [-0.2, -0.15) is 0 Å². The lowest BCUT2D eigenvalue weighted by Crippen LogP contribution is -2.31. The maximum atomic E-state index is 12.4. The average Bonchev–Trinajstić information content (AvgIpc) is 2.57. The summed E-state index contributed by atoms with van der Waals surface area (Å²) in [7, 11) is 3.85. The molecule has 0 unspecified atom stereocenters. The van der Waals surface area contributed by atoms with Gasteiger partial charge in [0.2, 0.25) is 0 Å². The smallest absolute Gasteiger partial charge is 0.253 e. The first-order valence-corrected chi connectivity index (χ1v) is 7.34. The Morgan fingerprint density at radius 1 is 1.14 bits per heavy atom. The van der Waals surface area contributed by atoms with Crippen LogP contribution in [0.1, 0.15) is 23.7 Å². The van der Waals surface area contributed by atoms with E-state index in [1.165, 1.54) is 0 Å². The molecule has 2 aromatic heterocycles. The van der Waals surface area contributed by atoms with Gasteiger partial charge in [0.25, 0.3) is 5.91 Å². The third-order valence-electron chi connectivity index (χ3n) is 3.78. The predicted molar refractivity (Wildman–Crippen MR) is 87.2 cm³/mol. The average molecular weight is 297 g/mol. The first-order valence-electron chi connectivity index (χ1n) is 7.34. The largest absolute Gasteiger partial charge is 0.352 e. The molecule has 114 valence electrons. The van der Waals surface area contributed by atoms with Crippen molar-refractivity contribution in [2.24, 2.45) is 0 Å². The van der Waals surface area contributed by atoms with Crippen LogP contribution >= 0.6 is 0 Å². The number of hydrogen-bond acceptors (Lipinski definition) is 5. The SMILES string of the molecule is CCCNC(=O)c1ccnc2c1N(C)c1cccnc1N2C. The molecule has 1 aliphatic rings. The lowest BCUT2D eigenvalue weighted by Gasteiger charge is -2.35. The van der Waals surface area contributed by atoms with E-state index < -0.39 is 0 Å². The zero-order valence-corrected chi connectivity index (χ0v) is 13.0. The molecule has 0 radical (unpaired) electrons. The van der Waals surface area contributed by atoms with E-state index in [0.717, 1.165) is 29.4 Å². The number of fused-ring (bicyclic) bond motifs is 2. The predicted octanol–water partition coefficient (Wildman–Crippen LogP) is 2.47. The van der Waals surface area contributed by atoms with Crippen molar-refractivity contribution in [3.8, 4) is 0 Å². The molecule has 0 fully saturated rings. The molecule has 1 amide bonds. The van der Waals surface area contributed by atoms with E-state index in [0.29, 0.717) is 12.1 Å². The molecule has 6 heteroatoms. The monoisotopic (exact) mass is 297 g/mol. The molecule has 1 aliphatic heterocycles. The Kier molecular flexibility index (Phi) is 3.66. The zero-order chi connectivity index (χ0) is 15.7. The van der Waals surface area contributed by atoms with E-state index in [4.69, 9.17) is 0 Å². The van der Waals surface area contributed by atoms with Crippen LogP contribution in [0.2, 0.25) is 0 Å². The molecule has 0 atom stereocenters. The molecule has 2 aromatic rings. The Balaban J connectivity index is 2.10. The van der Waals surface area contributed by atoms with Crippen molar-refractivity contribution in [1.82, 2.24) is 15.3 Å². The molecule has 0 spiro atoms. The van der Waals surface area contributed by atoms with Crippen LogP contribution in [0.4, 0.5) is 23.0 Å². The van der Waals surface area contributed by atoms with Crippen LogP contribution in [0, 0.1) is 0 Å². The Bertz CT molecular complexity index is 715. The highest BCUT2D eigenvalue weighted by atomic mass is 16.1. The van der Waals surface area contributed by atoms with Crippen molar-refractivity contribution in [2.45, 2.75) is 13.3 Å². The summed E-state index contributed by atoms with van der Waals surface area (Å²) < 4.78 is 0. The molecule has 6 nitrogen and oxygen atoms in total. The molecular formula is C16H19N5O. The third kappa shape index (κ3) is 2.16. The zero-order valence-electron chi connectivity index (χ0n) is 13.0. The van der Waals surface area contributed by atoms with E-state index in [1.807, 2.05) is 43.0 Å². The number of rotatable bonds is 3. The fourth-order valence-corrected chi connectivity index (χ4v) is 2.67. The summed E-state index contributed by atoms with van der Waals surface area (Å²) in [5.74, 6) is 1.49. The first-order chi connectivity index (χ1) is 10.6. The van der Waals surface area contributed by atoms with Gasteiger partial charge in [-0.15, -0.1) is 0 Å². The highest BCUT2D eigenvalue weighted by Crippen LogP contribution is 2.45. The van der Waals surface area contributed by atoms with Gasteiger partial charge in [-0.1, -0.05) is 6.92 Å². The minimum Gasteiger partial charge on any atom is -0.352 e. The summed E-state index contributed by atoms with van der Waals surface area (Å²) in [6.07, 6.45) is 4.32. The van der Waals surface area contributed by atoms with Crippen LogP contribution in [-0.4, -0.2) is 36.5 Å². The topological polar surface area (TPSA) is 61.4 Å². The summed E-state index contributed by atoms with van der Waals surface area (Å²) >= 11 is 0. The number of carbonyl (C=O) groups excluding carboxylic acids is 1. The van der Waals surface area contributed by atoms with Crippen molar-refractivity contribution >= 4 is 28.9 Å². The van der Waals surface area contributed by atoms with E-state index in [9.17, 15) is 4.79 Å². The van der Waals surface area contributed by atoms with Gasteiger partial charge < -0.3 is 15.1 Å². The Labute approximate surface area is 129 Å². The summed E-state index contributed by atoms with van der Waals surface area (Å²) in [6, 6.07) is 5.64.